The van der Waals surface area contributed by atoms with Gasteiger partial charge >= 0.3 is 5.97 Å². The summed E-state index contributed by atoms with van der Waals surface area (Å²) in [5.74, 6) is -0.694. The molecule has 2 N–H and O–H groups in total. The highest BCUT2D eigenvalue weighted by Gasteiger charge is 2.38. The minimum Gasteiger partial charge on any atom is -0.496 e. The molecule has 0 fully saturated rings. The molecule has 26 heavy (non-hydrogen) atoms. The monoisotopic (exact) mass is 375 g/mol. The minimum absolute atomic E-state index is 0.00452. The van der Waals surface area contributed by atoms with Gasteiger partial charge in [-0.3, -0.25) is 9.59 Å². The van der Waals surface area contributed by atoms with Crippen LogP contribution in [-0.2, 0) is 21.4 Å². The van der Waals surface area contributed by atoms with Gasteiger partial charge in [-0.25, -0.2) is 0 Å². The zero-order valence-corrected chi connectivity index (χ0v) is 15.5. The van der Waals surface area contributed by atoms with Gasteiger partial charge in [0.25, 0.3) is 0 Å². The number of carboxylic acids is 1. The number of carboxylic acid groups (broad SMARTS) is 1. The maximum Gasteiger partial charge on any atom is 0.315 e. The van der Waals surface area contributed by atoms with Crippen LogP contribution in [0, 0.1) is 0 Å². The lowest BCUT2D eigenvalue weighted by molar-refractivity contribution is -0.144. The fourth-order valence-electron chi connectivity index (χ4n) is 2.91. The molecular formula is C20H22ClNO4. The first-order chi connectivity index (χ1) is 12.4. The van der Waals surface area contributed by atoms with E-state index in [9.17, 15) is 14.7 Å². The number of hydrogen-bond donors (Lipinski definition) is 2. The fraction of sp³-hybridized carbons (Fsp3) is 0.300. The molecule has 2 aromatic rings. The van der Waals surface area contributed by atoms with Gasteiger partial charge in [0.05, 0.1) is 13.5 Å². The van der Waals surface area contributed by atoms with E-state index in [2.05, 4.69) is 5.32 Å². The number of hydrogen-bond acceptors (Lipinski definition) is 3. The summed E-state index contributed by atoms with van der Waals surface area (Å²) in [6, 6.07) is 14.0. The summed E-state index contributed by atoms with van der Waals surface area (Å²) < 4.78 is 5.24. The number of aliphatic carboxylic acids is 1. The van der Waals surface area contributed by atoms with Crippen LogP contribution in [0.1, 0.15) is 24.5 Å². The number of halogens is 1. The van der Waals surface area contributed by atoms with Crippen molar-refractivity contribution >= 4 is 23.5 Å². The largest absolute Gasteiger partial charge is 0.496 e. The Morgan fingerprint density at radius 1 is 1.19 bits per heavy atom. The van der Waals surface area contributed by atoms with Crippen LogP contribution in [0.25, 0.3) is 0 Å². The molecule has 0 heterocycles. The Morgan fingerprint density at radius 3 is 2.46 bits per heavy atom. The van der Waals surface area contributed by atoms with E-state index in [0.717, 1.165) is 0 Å². The van der Waals surface area contributed by atoms with Crippen molar-refractivity contribution in [3.63, 3.8) is 0 Å². The standard InChI is InChI=1S/C20H22ClNO4/c1-3-20(19(24)25,15-7-5-4-6-8-15)13-22-18(23)12-14-11-16(21)9-10-17(14)26-2/h4-11H,3,12-13H2,1-2H3,(H,22,23)(H,24,25). The van der Waals surface area contributed by atoms with Gasteiger partial charge in [0.2, 0.25) is 5.91 Å². The Bertz CT molecular complexity index is 779. The highest BCUT2D eigenvalue weighted by molar-refractivity contribution is 6.30. The average Bonchev–Trinajstić information content (AvgIpc) is 2.63. The Balaban J connectivity index is 2.16. The summed E-state index contributed by atoms with van der Waals surface area (Å²) >= 11 is 5.99. The molecule has 5 nitrogen and oxygen atoms in total. The van der Waals surface area contributed by atoms with Crippen LogP contribution in [0.2, 0.25) is 5.02 Å². The maximum atomic E-state index is 12.4. The molecule has 0 radical (unpaired) electrons. The van der Waals surface area contributed by atoms with E-state index in [0.29, 0.717) is 28.3 Å². The van der Waals surface area contributed by atoms with E-state index in [1.165, 1.54) is 7.11 Å². The van der Waals surface area contributed by atoms with Gasteiger partial charge in [-0.2, -0.15) is 0 Å². The zero-order valence-electron chi connectivity index (χ0n) is 14.8. The Hall–Kier alpha value is -2.53. The maximum absolute atomic E-state index is 12.4. The molecule has 0 aliphatic heterocycles. The summed E-state index contributed by atoms with van der Waals surface area (Å²) in [5.41, 5.74) is 0.139. The van der Waals surface area contributed by atoms with E-state index >= 15 is 0 Å². The minimum atomic E-state index is -1.17. The highest BCUT2D eigenvalue weighted by atomic mass is 35.5. The topological polar surface area (TPSA) is 75.6 Å². The number of nitrogens with one attached hydrogen (secondary N) is 1. The van der Waals surface area contributed by atoms with Crippen LogP contribution < -0.4 is 10.1 Å². The predicted octanol–water partition coefficient (Wildman–Crippen LogP) is 3.44. The Labute approximate surface area is 157 Å². The molecule has 0 saturated carbocycles. The summed E-state index contributed by atoms with van der Waals surface area (Å²) in [6.45, 7) is 1.80. The first-order valence-corrected chi connectivity index (χ1v) is 8.68. The second-order valence-electron chi connectivity index (χ2n) is 6.02. The second-order valence-corrected chi connectivity index (χ2v) is 6.45. The molecule has 0 saturated heterocycles. The lowest BCUT2D eigenvalue weighted by atomic mass is 9.78. The van der Waals surface area contributed by atoms with Gasteiger partial charge in [-0.15, -0.1) is 0 Å². The van der Waals surface area contributed by atoms with E-state index in [-0.39, 0.29) is 18.9 Å². The Morgan fingerprint density at radius 2 is 1.88 bits per heavy atom. The lowest BCUT2D eigenvalue weighted by Gasteiger charge is -2.29. The van der Waals surface area contributed by atoms with E-state index in [4.69, 9.17) is 16.3 Å². The fourth-order valence-corrected chi connectivity index (χ4v) is 3.10. The third-order valence-electron chi connectivity index (χ3n) is 4.52. The lowest BCUT2D eigenvalue weighted by Crippen LogP contribution is -2.46. The average molecular weight is 376 g/mol. The molecule has 0 spiro atoms. The second kappa shape index (κ2) is 8.72. The van der Waals surface area contributed by atoms with Crippen molar-refractivity contribution in [3.8, 4) is 5.75 Å². The van der Waals surface area contributed by atoms with Gasteiger partial charge in [-0.1, -0.05) is 48.9 Å². The van der Waals surface area contributed by atoms with Crippen molar-refractivity contribution in [2.24, 2.45) is 0 Å². The first-order valence-electron chi connectivity index (χ1n) is 8.31. The number of rotatable bonds is 8. The highest BCUT2D eigenvalue weighted by Crippen LogP contribution is 2.28. The van der Waals surface area contributed by atoms with E-state index in [1.54, 1.807) is 49.4 Å². The van der Waals surface area contributed by atoms with Gasteiger partial charge in [0.1, 0.15) is 11.2 Å². The van der Waals surface area contributed by atoms with Gasteiger partial charge in [-0.05, 0) is 30.2 Å². The number of methoxy groups -OCH3 is 1. The number of carbonyl (C=O) groups excluding carboxylic acids is 1. The molecule has 0 aliphatic rings. The van der Waals surface area contributed by atoms with Gasteiger partial charge < -0.3 is 15.2 Å². The van der Waals surface area contributed by atoms with Crippen molar-refractivity contribution in [2.45, 2.75) is 25.2 Å². The molecule has 138 valence electrons. The molecular weight excluding hydrogens is 354 g/mol. The SMILES string of the molecule is CCC(CNC(=O)Cc1cc(Cl)ccc1OC)(C(=O)O)c1ccccc1. The Kier molecular flexibility index (Phi) is 6.64. The van der Waals surface area contributed by atoms with E-state index < -0.39 is 11.4 Å². The number of benzene rings is 2. The van der Waals surface area contributed by atoms with E-state index in [1.807, 2.05) is 6.07 Å². The van der Waals surface area contributed by atoms with Crippen LogP contribution in [0.15, 0.2) is 48.5 Å². The third-order valence-corrected chi connectivity index (χ3v) is 4.76. The quantitative estimate of drug-likeness (QED) is 0.741. The molecule has 0 bridgehead atoms. The van der Waals surface area contributed by atoms with Crippen molar-refractivity contribution in [3.05, 3.63) is 64.7 Å². The molecule has 1 unspecified atom stereocenters. The van der Waals surface area contributed by atoms with Crippen LogP contribution in [0.3, 0.4) is 0 Å². The van der Waals surface area contributed by atoms with Crippen LogP contribution in [0.5, 0.6) is 5.75 Å². The first kappa shape index (κ1) is 19.8. The molecule has 6 heteroatoms. The number of amides is 1. The molecule has 1 atom stereocenters. The number of ether oxygens (including phenoxy) is 1. The van der Waals surface area contributed by atoms with Crippen molar-refractivity contribution in [1.82, 2.24) is 5.32 Å². The van der Waals surface area contributed by atoms with Gasteiger partial charge in [0.15, 0.2) is 0 Å². The molecule has 0 aliphatic carbocycles. The summed E-state index contributed by atoms with van der Waals surface area (Å²) in [4.78, 5) is 24.4. The normalized spacial score (nSPS) is 12.9. The molecule has 2 aromatic carbocycles. The van der Waals surface area contributed by atoms with Gasteiger partial charge in [0, 0.05) is 17.1 Å². The van der Waals surface area contributed by atoms with Crippen LogP contribution >= 0.6 is 11.6 Å². The van der Waals surface area contributed by atoms with Crippen molar-refractivity contribution in [2.75, 3.05) is 13.7 Å². The summed E-state index contributed by atoms with van der Waals surface area (Å²) in [7, 11) is 1.52. The predicted molar refractivity (Wildman–Crippen MR) is 101 cm³/mol. The van der Waals surface area contributed by atoms with Crippen molar-refractivity contribution < 1.29 is 19.4 Å². The molecule has 2 rings (SSSR count). The number of carbonyl (C=O) groups is 2. The summed E-state index contributed by atoms with van der Waals surface area (Å²) in [6.07, 6.45) is 0.408. The van der Waals surface area contributed by atoms with Crippen molar-refractivity contribution in [1.29, 1.82) is 0 Å². The molecule has 0 aromatic heterocycles. The molecule has 1 amide bonds. The summed E-state index contributed by atoms with van der Waals surface area (Å²) in [5, 5.41) is 13.1. The smallest absolute Gasteiger partial charge is 0.315 e. The third kappa shape index (κ3) is 4.35. The zero-order chi connectivity index (χ0) is 19.2. The van der Waals surface area contributed by atoms with Crippen LogP contribution in [-0.4, -0.2) is 30.6 Å². The van der Waals surface area contributed by atoms with Crippen LogP contribution in [0.4, 0.5) is 0 Å².